The lowest BCUT2D eigenvalue weighted by Gasteiger charge is -2.24. The van der Waals surface area contributed by atoms with Gasteiger partial charge in [0.25, 0.3) is 0 Å². The monoisotopic (exact) mass is 550 g/mol. The highest BCUT2D eigenvalue weighted by Gasteiger charge is 2.25. The summed E-state index contributed by atoms with van der Waals surface area (Å²) in [6, 6.07) is 18.2. The molecule has 0 saturated heterocycles. The van der Waals surface area contributed by atoms with E-state index in [2.05, 4.69) is 40.0 Å². The van der Waals surface area contributed by atoms with Crippen molar-refractivity contribution in [3.05, 3.63) is 65.7 Å². The molecule has 2 aromatic rings. The van der Waals surface area contributed by atoms with E-state index in [9.17, 15) is 4.79 Å². The van der Waals surface area contributed by atoms with E-state index < -0.39 is 0 Å². The molecule has 1 aliphatic rings. The number of hydrogen-bond donors (Lipinski definition) is 3. The Bertz CT molecular complexity index is 856. The van der Waals surface area contributed by atoms with Gasteiger partial charge in [0.2, 0.25) is 5.91 Å². The second kappa shape index (κ2) is 14.1. The van der Waals surface area contributed by atoms with Crippen LogP contribution in [0.25, 0.3) is 0 Å². The first-order valence-electron chi connectivity index (χ1n) is 11.2. The Hall–Kier alpha value is -2.13. The van der Waals surface area contributed by atoms with Crippen LogP contribution in [0, 0.1) is 5.92 Å². The van der Waals surface area contributed by atoms with Gasteiger partial charge in [-0.1, -0.05) is 48.9 Å². The maximum atomic E-state index is 12.1. The number of carbonyl (C=O) groups excluding carboxylic acids is 1. The van der Waals surface area contributed by atoms with Crippen LogP contribution < -0.4 is 16.0 Å². The van der Waals surface area contributed by atoms with E-state index in [-0.39, 0.29) is 41.9 Å². The number of halogens is 1. The summed E-state index contributed by atoms with van der Waals surface area (Å²) in [6.07, 6.45) is 4.15. The molecule has 0 aliphatic heterocycles. The van der Waals surface area contributed by atoms with Gasteiger partial charge in [-0.2, -0.15) is 0 Å². The third-order valence-corrected chi connectivity index (χ3v) is 5.60. The fourth-order valence-electron chi connectivity index (χ4n) is 3.44. The molecule has 32 heavy (non-hydrogen) atoms. The molecule has 7 heteroatoms. The number of rotatable bonds is 10. The Labute approximate surface area is 208 Å². The lowest BCUT2D eigenvalue weighted by molar-refractivity contribution is -0.122. The van der Waals surface area contributed by atoms with Crippen molar-refractivity contribution in [3.63, 3.8) is 0 Å². The normalized spacial score (nSPS) is 14.6. The zero-order valence-corrected chi connectivity index (χ0v) is 21.3. The molecular weight excluding hydrogens is 515 g/mol. The van der Waals surface area contributed by atoms with Gasteiger partial charge in [0.15, 0.2) is 5.96 Å². The topological polar surface area (TPSA) is 74.8 Å². The van der Waals surface area contributed by atoms with Crippen molar-refractivity contribution in [1.29, 1.82) is 0 Å². The number of benzene rings is 2. The molecular formula is C25H35IN4O2. The summed E-state index contributed by atoms with van der Waals surface area (Å²) in [5.41, 5.74) is 3.14. The average molecular weight is 550 g/mol. The Morgan fingerprint density at radius 1 is 1.12 bits per heavy atom. The van der Waals surface area contributed by atoms with Crippen molar-refractivity contribution in [3.8, 4) is 0 Å². The van der Waals surface area contributed by atoms with Gasteiger partial charge in [0.1, 0.15) is 0 Å². The van der Waals surface area contributed by atoms with Crippen molar-refractivity contribution < 1.29 is 9.53 Å². The first-order chi connectivity index (χ1) is 15.2. The smallest absolute Gasteiger partial charge is 0.227 e. The third-order valence-electron chi connectivity index (χ3n) is 5.60. The minimum atomic E-state index is 0. The Morgan fingerprint density at radius 3 is 2.59 bits per heavy atom. The molecule has 1 atom stereocenters. The van der Waals surface area contributed by atoms with Crippen LogP contribution in [0.1, 0.15) is 49.8 Å². The molecule has 174 valence electrons. The highest BCUT2D eigenvalue weighted by molar-refractivity contribution is 14.0. The summed E-state index contributed by atoms with van der Waals surface area (Å²) >= 11 is 0. The molecule has 0 aromatic heterocycles. The third kappa shape index (κ3) is 8.43. The minimum Gasteiger partial charge on any atom is -0.374 e. The van der Waals surface area contributed by atoms with Gasteiger partial charge < -0.3 is 20.7 Å². The molecule has 1 fully saturated rings. The standard InChI is InChI=1S/C25H34N4O2.HI/c1-19(21-10-4-3-5-11-21)31-16-8-15-27-25(26-2)28-18-20-9-6-14-23(17-20)29-24(30)22-12-7-13-22;/h3-6,9-11,14,17,19,22H,7-8,12-13,15-16,18H2,1-2H3,(H,29,30)(H2,26,27,28);1H. The summed E-state index contributed by atoms with van der Waals surface area (Å²) < 4.78 is 5.91. The largest absolute Gasteiger partial charge is 0.374 e. The van der Waals surface area contributed by atoms with Gasteiger partial charge >= 0.3 is 0 Å². The van der Waals surface area contributed by atoms with Gasteiger partial charge in [0.05, 0.1) is 6.10 Å². The van der Waals surface area contributed by atoms with E-state index in [1.54, 1.807) is 7.05 Å². The number of carbonyl (C=O) groups is 1. The van der Waals surface area contributed by atoms with Crippen molar-refractivity contribution in [2.24, 2.45) is 10.9 Å². The average Bonchev–Trinajstić information content (AvgIpc) is 2.75. The molecule has 6 nitrogen and oxygen atoms in total. The maximum Gasteiger partial charge on any atom is 0.227 e. The maximum absolute atomic E-state index is 12.1. The number of ether oxygens (including phenoxy) is 1. The molecule has 0 bridgehead atoms. The molecule has 0 heterocycles. The van der Waals surface area contributed by atoms with E-state index in [1.807, 2.05) is 42.5 Å². The summed E-state index contributed by atoms with van der Waals surface area (Å²) in [5, 5.41) is 9.67. The summed E-state index contributed by atoms with van der Waals surface area (Å²) in [4.78, 5) is 16.4. The number of nitrogens with zero attached hydrogens (tertiary/aromatic N) is 1. The summed E-state index contributed by atoms with van der Waals surface area (Å²) in [5.74, 6) is 1.07. The van der Waals surface area contributed by atoms with Gasteiger partial charge in [-0.15, -0.1) is 24.0 Å². The lowest BCUT2D eigenvalue weighted by Crippen LogP contribution is -2.37. The van der Waals surface area contributed by atoms with E-state index in [0.717, 1.165) is 49.4 Å². The van der Waals surface area contributed by atoms with Crippen LogP contribution >= 0.6 is 24.0 Å². The van der Waals surface area contributed by atoms with Crippen molar-refractivity contribution >= 4 is 41.5 Å². The number of hydrogen-bond acceptors (Lipinski definition) is 3. The lowest BCUT2D eigenvalue weighted by atomic mass is 9.85. The molecule has 2 aromatic carbocycles. The van der Waals surface area contributed by atoms with Crippen LogP contribution in [0.2, 0.25) is 0 Å². The van der Waals surface area contributed by atoms with Crippen LogP contribution in [-0.4, -0.2) is 32.1 Å². The highest BCUT2D eigenvalue weighted by Crippen LogP contribution is 2.27. The van der Waals surface area contributed by atoms with Crippen LogP contribution in [0.4, 0.5) is 5.69 Å². The number of nitrogens with one attached hydrogen (secondary N) is 3. The van der Waals surface area contributed by atoms with Crippen LogP contribution in [0.5, 0.6) is 0 Å². The van der Waals surface area contributed by atoms with Crippen molar-refractivity contribution in [2.75, 3.05) is 25.5 Å². The Kier molecular flexibility index (Phi) is 11.5. The molecule has 3 rings (SSSR count). The molecule has 1 aliphatic carbocycles. The molecule has 1 unspecified atom stereocenters. The van der Waals surface area contributed by atoms with E-state index in [0.29, 0.717) is 13.2 Å². The fraction of sp³-hybridized carbons (Fsp3) is 0.440. The predicted octanol–water partition coefficient (Wildman–Crippen LogP) is 4.88. The van der Waals surface area contributed by atoms with Crippen molar-refractivity contribution in [1.82, 2.24) is 10.6 Å². The summed E-state index contributed by atoms with van der Waals surface area (Å²) in [6.45, 7) is 4.17. The number of guanidine groups is 1. The first kappa shape index (κ1) is 26.1. The second-order valence-corrected chi connectivity index (χ2v) is 7.95. The number of amides is 1. The quantitative estimate of drug-likeness (QED) is 0.171. The molecule has 1 amide bonds. The fourth-order valence-corrected chi connectivity index (χ4v) is 3.44. The first-order valence-corrected chi connectivity index (χ1v) is 11.2. The number of anilines is 1. The zero-order valence-electron chi connectivity index (χ0n) is 19.0. The highest BCUT2D eigenvalue weighted by atomic mass is 127. The van der Waals surface area contributed by atoms with Crippen LogP contribution in [-0.2, 0) is 16.1 Å². The van der Waals surface area contributed by atoms with E-state index >= 15 is 0 Å². The van der Waals surface area contributed by atoms with Crippen LogP contribution in [0.15, 0.2) is 59.6 Å². The van der Waals surface area contributed by atoms with E-state index in [4.69, 9.17) is 4.74 Å². The predicted molar refractivity (Wildman–Crippen MR) is 141 cm³/mol. The Balaban J connectivity index is 0.00000363. The molecule has 0 spiro atoms. The summed E-state index contributed by atoms with van der Waals surface area (Å²) in [7, 11) is 1.76. The van der Waals surface area contributed by atoms with Gasteiger partial charge in [-0.3, -0.25) is 9.79 Å². The number of aliphatic imine (C=N–C) groups is 1. The van der Waals surface area contributed by atoms with Crippen molar-refractivity contribution in [2.45, 2.75) is 45.3 Å². The SMILES string of the molecule is CN=C(NCCCOC(C)c1ccccc1)NCc1cccc(NC(=O)C2CCC2)c1.I. The van der Waals surface area contributed by atoms with Crippen LogP contribution in [0.3, 0.4) is 0 Å². The zero-order chi connectivity index (χ0) is 21.9. The molecule has 3 N–H and O–H groups in total. The van der Waals surface area contributed by atoms with Gasteiger partial charge in [0, 0.05) is 38.3 Å². The van der Waals surface area contributed by atoms with Gasteiger partial charge in [-0.25, -0.2) is 0 Å². The molecule has 1 saturated carbocycles. The van der Waals surface area contributed by atoms with Gasteiger partial charge in [-0.05, 0) is 49.4 Å². The molecule has 0 radical (unpaired) electrons. The minimum absolute atomic E-state index is 0. The Morgan fingerprint density at radius 2 is 1.91 bits per heavy atom. The van der Waals surface area contributed by atoms with E-state index in [1.165, 1.54) is 5.56 Å². The second-order valence-electron chi connectivity index (χ2n) is 7.95.